The van der Waals surface area contributed by atoms with Crippen molar-refractivity contribution >= 4 is 56.6 Å². The van der Waals surface area contributed by atoms with Gasteiger partial charge in [0.15, 0.2) is 16.6 Å². The first-order chi connectivity index (χ1) is 16.0. The third-order valence-corrected chi connectivity index (χ3v) is 6.58. The summed E-state index contributed by atoms with van der Waals surface area (Å²) in [4.78, 5) is 24.1. The maximum Gasteiger partial charge on any atom is 0.233 e. The van der Waals surface area contributed by atoms with Crippen molar-refractivity contribution in [3.63, 3.8) is 0 Å². The van der Waals surface area contributed by atoms with E-state index in [0.29, 0.717) is 28.2 Å². The molecule has 0 atom stereocenters. The largest absolute Gasteiger partial charge is 0.493 e. The molecular formula is C24H26Cl2N4O3S. The number of nitrogens with zero attached hydrogens (tertiary/aromatic N) is 4. The zero-order valence-corrected chi connectivity index (χ0v) is 21.5. The number of hydrogen-bond acceptors (Lipinski definition) is 6. The molecule has 0 aliphatic heterocycles. The third kappa shape index (κ3) is 5.81. The first kappa shape index (κ1) is 25.8. The highest BCUT2D eigenvalue weighted by Crippen LogP contribution is 2.34. The van der Waals surface area contributed by atoms with E-state index in [4.69, 9.17) is 26.1 Å². The van der Waals surface area contributed by atoms with Gasteiger partial charge in [-0.2, -0.15) is 0 Å². The van der Waals surface area contributed by atoms with Crippen molar-refractivity contribution in [3.05, 3.63) is 65.2 Å². The first-order valence-electron chi connectivity index (χ1n) is 10.5. The fourth-order valence-electron chi connectivity index (χ4n) is 3.68. The number of imidazole rings is 1. The quantitative estimate of drug-likeness (QED) is 0.289. The van der Waals surface area contributed by atoms with E-state index < -0.39 is 0 Å². The van der Waals surface area contributed by atoms with Crippen molar-refractivity contribution in [3.8, 4) is 11.5 Å². The minimum absolute atomic E-state index is 0. The molecule has 0 aliphatic rings. The number of fused-ring (bicyclic) bond motifs is 1. The van der Waals surface area contributed by atoms with E-state index in [2.05, 4.69) is 4.98 Å². The number of amides is 1. The van der Waals surface area contributed by atoms with Crippen molar-refractivity contribution < 1.29 is 14.3 Å². The highest BCUT2D eigenvalue weighted by atomic mass is 35.5. The van der Waals surface area contributed by atoms with Crippen molar-refractivity contribution in [1.82, 2.24) is 14.5 Å². The summed E-state index contributed by atoms with van der Waals surface area (Å²) in [6, 6.07) is 9.32. The Morgan fingerprint density at radius 3 is 2.68 bits per heavy atom. The first-order valence-corrected chi connectivity index (χ1v) is 11.7. The number of aromatic nitrogens is 3. The number of carbonyl (C=O) groups excluding carboxylic acids is 1. The molecule has 2 heterocycles. The highest BCUT2D eigenvalue weighted by Gasteiger charge is 2.21. The molecule has 7 nitrogen and oxygen atoms in total. The van der Waals surface area contributed by atoms with Gasteiger partial charge in [-0.05, 0) is 48.7 Å². The third-order valence-electron chi connectivity index (χ3n) is 5.33. The van der Waals surface area contributed by atoms with E-state index in [1.54, 1.807) is 31.6 Å². The summed E-state index contributed by atoms with van der Waals surface area (Å²) in [7, 11) is 3.17. The lowest BCUT2D eigenvalue weighted by atomic mass is 10.1. The minimum atomic E-state index is -0.0318. The normalized spacial score (nSPS) is 10.7. The average molecular weight is 521 g/mol. The molecule has 180 valence electrons. The standard InChI is InChI=1S/C24H25ClN4O3S.ClH/c1-16-11-18(25)14-21-23(16)27-24(33-21)29(9-4-8-28-10-7-26-15-28)22(30)13-17-5-6-19(31-2)20(12-17)32-3;/h5-7,10-12,14-15H,4,8-9,13H2,1-3H3;1H. The summed E-state index contributed by atoms with van der Waals surface area (Å²) in [6.45, 7) is 3.28. The molecule has 1 amide bonds. The molecule has 0 spiro atoms. The van der Waals surface area contributed by atoms with Crippen LogP contribution in [0.4, 0.5) is 5.13 Å². The lowest BCUT2D eigenvalue weighted by Gasteiger charge is -2.20. The van der Waals surface area contributed by atoms with E-state index in [1.807, 2.05) is 48.0 Å². The summed E-state index contributed by atoms with van der Waals surface area (Å²) in [6.07, 6.45) is 6.43. The predicted molar refractivity (Wildman–Crippen MR) is 139 cm³/mol. The fourth-order valence-corrected chi connectivity index (χ4v) is 5.14. The van der Waals surface area contributed by atoms with Crippen molar-refractivity contribution in [2.24, 2.45) is 0 Å². The van der Waals surface area contributed by atoms with Crippen molar-refractivity contribution in [2.45, 2.75) is 26.3 Å². The fraction of sp³-hybridized carbons (Fsp3) is 0.292. The van der Waals surface area contributed by atoms with Crippen LogP contribution in [0.3, 0.4) is 0 Å². The number of carbonyl (C=O) groups is 1. The highest BCUT2D eigenvalue weighted by molar-refractivity contribution is 7.22. The second kappa shape index (κ2) is 11.6. The van der Waals surface area contributed by atoms with Gasteiger partial charge in [-0.25, -0.2) is 9.97 Å². The molecule has 10 heteroatoms. The summed E-state index contributed by atoms with van der Waals surface area (Å²) < 4.78 is 13.7. The van der Waals surface area contributed by atoms with Crippen LogP contribution in [-0.2, 0) is 17.8 Å². The van der Waals surface area contributed by atoms with Crippen LogP contribution in [0.5, 0.6) is 11.5 Å². The molecule has 0 saturated heterocycles. The topological polar surface area (TPSA) is 69.5 Å². The molecule has 0 radical (unpaired) electrons. The maximum atomic E-state index is 13.5. The zero-order valence-electron chi connectivity index (χ0n) is 19.2. The molecule has 2 aromatic carbocycles. The van der Waals surface area contributed by atoms with Gasteiger partial charge in [0.25, 0.3) is 0 Å². The molecular weight excluding hydrogens is 495 g/mol. The number of thiazole rings is 1. The summed E-state index contributed by atoms with van der Waals surface area (Å²) >= 11 is 7.72. The van der Waals surface area contributed by atoms with E-state index in [9.17, 15) is 4.79 Å². The molecule has 0 N–H and O–H groups in total. The number of ether oxygens (including phenoxy) is 2. The van der Waals surface area contributed by atoms with Gasteiger partial charge >= 0.3 is 0 Å². The second-order valence-electron chi connectivity index (χ2n) is 7.63. The second-order valence-corrected chi connectivity index (χ2v) is 9.08. The number of halogens is 2. The van der Waals surface area contributed by atoms with E-state index in [1.165, 1.54) is 11.3 Å². The Balaban J connectivity index is 0.00000324. The van der Waals surface area contributed by atoms with Crippen LogP contribution in [0.25, 0.3) is 10.2 Å². The maximum absolute atomic E-state index is 13.5. The Morgan fingerprint density at radius 2 is 1.97 bits per heavy atom. The van der Waals surface area contributed by atoms with Gasteiger partial charge in [-0.15, -0.1) is 12.4 Å². The van der Waals surface area contributed by atoms with Crippen molar-refractivity contribution in [1.29, 1.82) is 0 Å². The number of methoxy groups -OCH3 is 2. The van der Waals surface area contributed by atoms with E-state index in [-0.39, 0.29) is 24.7 Å². The van der Waals surface area contributed by atoms with Gasteiger partial charge in [0.1, 0.15) is 0 Å². The molecule has 34 heavy (non-hydrogen) atoms. The van der Waals surface area contributed by atoms with Crippen LogP contribution in [0.2, 0.25) is 5.02 Å². The van der Waals surface area contributed by atoms with Crippen LogP contribution >= 0.6 is 35.3 Å². The van der Waals surface area contributed by atoms with Crippen LogP contribution in [0, 0.1) is 6.92 Å². The molecule has 0 aliphatic carbocycles. The number of benzene rings is 2. The average Bonchev–Trinajstić information content (AvgIpc) is 3.46. The Hall–Kier alpha value is -2.81. The number of aryl methyl sites for hydroxylation is 2. The number of hydrogen-bond donors (Lipinski definition) is 0. The van der Waals surface area contributed by atoms with E-state index in [0.717, 1.165) is 34.3 Å². The smallest absolute Gasteiger partial charge is 0.233 e. The van der Waals surface area contributed by atoms with Crippen LogP contribution in [0.1, 0.15) is 17.5 Å². The molecule has 2 aromatic heterocycles. The molecule has 4 aromatic rings. The van der Waals surface area contributed by atoms with E-state index >= 15 is 0 Å². The van der Waals surface area contributed by atoms with Gasteiger partial charge in [0.2, 0.25) is 5.91 Å². The number of rotatable bonds is 9. The summed E-state index contributed by atoms with van der Waals surface area (Å²) in [5.41, 5.74) is 2.71. The molecule has 0 unspecified atom stereocenters. The lowest BCUT2D eigenvalue weighted by Crippen LogP contribution is -2.33. The molecule has 0 saturated carbocycles. The van der Waals surface area contributed by atoms with Gasteiger partial charge in [0, 0.05) is 30.5 Å². The van der Waals surface area contributed by atoms with Gasteiger partial charge in [0.05, 0.1) is 37.2 Å². The Kier molecular flexibility index (Phi) is 8.77. The van der Waals surface area contributed by atoms with Crippen LogP contribution < -0.4 is 14.4 Å². The summed E-state index contributed by atoms with van der Waals surface area (Å²) in [5.74, 6) is 1.19. The molecule has 0 bridgehead atoms. The van der Waals surface area contributed by atoms with Gasteiger partial charge < -0.3 is 14.0 Å². The van der Waals surface area contributed by atoms with Gasteiger partial charge in [-0.1, -0.05) is 29.0 Å². The Morgan fingerprint density at radius 1 is 1.18 bits per heavy atom. The molecule has 4 rings (SSSR count). The minimum Gasteiger partial charge on any atom is -0.493 e. The van der Waals surface area contributed by atoms with Gasteiger partial charge in [-0.3, -0.25) is 9.69 Å². The molecule has 0 fully saturated rings. The summed E-state index contributed by atoms with van der Waals surface area (Å²) in [5, 5.41) is 1.34. The number of anilines is 1. The van der Waals surface area contributed by atoms with Crippen LogP contribution in [-0.4, -0.2) is 41.2 Å². The Bertz CT molecular complexity index is 1260. The monoisotopic (exact) mass is 520 g/mol. The lowest BCUT2D eigenvalue weighted by molar-refractivity contribution is -0.118. The predicted octanol–water partition coefficient (Wildman–Crippen LogP) is 5.56. The van der Waals surface area contributed by atoms with Crippen LogP contribution in [0.15, 0.2) is 49.1 Å². The zero-order chi connectivity index (χ0) is 23.4. The Labute approximate surface area is 213 Å². The SMILES string of the molecule is COc1ccc(CC(=O)N(CCCn2ccnc2)c2nc3c(C)cc(Cl)cc3s2)cc1OC.Cl. The van der Waals surface area contributed by atoms with Crippen molar-refractivity contribution in [2.75, 3.05) is 25.7 Å².